The second-order valence-electron chi connectivity index (χ2n) is 3.82. The van der Waals surface area contributed by atoms with Gasteiger partial charge >= 0.3 is 0 Å². The van der Waals surface area contributed by atoms with Crippen LogP contribution in [0.1, 0.15) is 20.3 Å². The first-order valence-electron chi connectivity index (χ1n) is 5.98. The van der Waals surface area contributed by atoms with Crippen molar-refractivity contribution in [3.8, 4) is 0 Å². The van der Waals surface area contributed by atoms with Crippen molar-refractivity contribution in [3.05, 3.63) is 29.3 Å². The van der Waals surface area contributed by atoms with Crippen LogP contribution in [0.15, 0.2) is 24.3 Å². The molecule has 2 nitrogen and oxygen atoms in total. The summed E-state index contributed by atoms with van der Waals surface area (Å²) in [4.78, 5) is 2.43. The summed E-state index contributed by atoms with van der Waals surface area (Å²) in [5.74, 6) is 0. The Labute approximate surface area is 104 Å². The summed E-state index contributed by atoms with van der Waals surface area (Å²) in [6.07, 6.45) is 1.16. The van der Waals surface area contributed by atoms with Gasteiger partial charge in [-0.05, 0) is 44.3 Å². The molecule has 1 aromatic carbocycles. The third kappa shape index (κ3) is 4.86. The molecule has 1 aromatic rings. The topological polar surface area (TPSA) is 15.3 Å². The lowest BCUT2D eigenvalue weighted by Gasteiger charge is -2.17. The Hall–Kier alpha value is -0.730. The lowest BCUT2D eigenvalue weighted by atomic mass is 10.3. The van der Waals surface area contributed by atoms with Crippen molar-refractivity contribution in [2.45, 2.75) is 20.3 Å². The minimum atomic E-state index is 0.786. The molecule has 0 heterocycles. The van der Waals surface area contributed by atoms with Crippen LogP contribution >= 0.6 is 11.6 Å². The largest absolute Gasteiger partial charge is 0.385 e. The van der Waals surface area contributed by atoms with E-state index in [1.807, 2.05) is 24.3 Å². The number of rotatable bonds is 7. The number of halogens is 1. The maximum absolute atomic E-state index is 5.90. The van der Waals surface area contributed by atoms with E-state index in [1.165, 1.54) is 0 Å². The molecule has 0 aliphatic rings. The van der Waals surface area contributed by atoms with E-state index in [4.69, 9.17) is 11.6 Å². The highest BCUT2D eigenvalue weighted by atomic mass is 35.5. The molecule has 0 fully saturated rings. The number of hydrogen-bond acceptors (Lipinski definition) is 2. The van der Waals surface area contributed by atoms with Gasteiger partial charge in [0.15, 0.2) is 0 Å². The van der Waals surface area contributed by atoms with E-state index in [2.05, 4.69) is 24.1 Å². The van der Waals surface area contributed by atoms with E-state index in [-0.39, 0.29) is 0 Å². The summed E-state index contributed by atoms with van der Waals surface area (Å²) in [6, 6.07) is 7.86. The third-order valence-electron chi connectivity index (χ3n) is 2.70. The minimum Gasteiger partial charge on any atom is -0.385 e. The second-order valence-corrected chi connectivity index (χ2v) is 4.25. The van der Waals surface area contributed by atoms with Crippen molar-refractivity contribution in [2.75, 3.05) is 31.5 Å². The molecule has 0 atom stereocenters. The van der Waals surface area contributed by atoms with Crippen molar-refractivity contribution in [3.63, 3.8) is 0 Å². The molecule has 16 heavy (non-hydrogen) atoms. The van der Waals surface area contributed by atoms with Crippen LogP contribution in [0.4, 0.5) is 5.69 Å². The van der Waals surface area contributed by atoms with Gasteiger partial charge in [0.1, 0.15) is 0 Å². The first-order chi connectivity index (χ1) is 7.76. The number of hydrogen-bond donors (Lipinski definition) is 1. The van der Waals surface area contributed by atoms with Gasteiger partial charge in [-0.3, -0.25) is 0 Å². The van der Waals surface area contributed by atoms with Gasteiger partial charge in [-0.25, -0.2) is 0 Å². The Balaban J connectivity index is 2.20. The maximum Gasteiger partial charge on any atom is 0.0426 e. The molecule has 0 aliphatic heterocycles. The molecule has 0 amide bonds. The van der Waals surface area contributed by atoms with Crippen molar-refractivity contribution >= 4 is 17.3 Å². The summed E-state index contributed by atoms with van der Waals surface area (Å²) < 4.78 is 0. The molecule has 0 unspecified atom stereocenters. The molecule has 0 saturated heterocycles. The maximum atomic E-state index is 5.90. The molecule has 0 aromatic heterocycles. The third-order valence-corrected chi connectivity index (χ3v) is 2.93. The van der Waals surface area contributed by atoms with Crippen LogP contribution in [0.25, 0.3) is 0 Å². The summed E-state index contributed by atoms with van der Waals surface area (Å²) >= 11 is 5.90. The Bertz CT molecular complexity index is 298. The van der Waals surface area contributed by atoms with Gasteiger partial charge in [-0.1, -0.05) is 31.5 Å². The molecule has 0 radical (unpaired) electrons. The van der Waals surface area contributed by atoms with Crippen LogP contribution in [0.5, 0.6) is 0 Å². The van der Waals surface area contributed by atoms with Gasteiger partial charge in [0.2, 0.25) is 0 Å². The van der Waals surface area contributed by atoms with Crippen LogP contribution in [0.2, 0.25) is 5.02 Å². The lowest BCUT2D eigenvalue weighted by Crippen LogP contribution is -2.25. The van der Waals surface area contributed by atoms with Gasteiger partial charge in [0.05, 0.1) is 0 Å². The number of nitrogens with one attached hydrogen (secondary N) is 1. The highest BCUT2D eigenvalue weighted by Crippen LogP contribution is 2.14. The Kier molecular flexibility index (Phi) is 6.27. The van der Waals surface area contributed by atoms with Gasteiger partial charge < -0.3 is 10.2 Å². The number of benzene rings is 1. The summed E-state index contributed by atoms with van der Waals surface area (Å²) in [5.41, 5.74) is 1.10. The Morgan fingerprint density at radius 1 is 1.25 bits per heavy atom. The van der Waals surface area contributed by atoms with Crippen LogP contribution in [0.3, 0.4) is 0 Å². The van der Waals surface area contributed by atoms with E-state index in [9.17, 15) is 0 Å². The zero-order valence-electron chi connectivity index (χ0n) is 10.2. The highest BCUT2D eigenvalue weighted by Gasteiger charge is 1.98. The highest BCUT2D eigenvalue weighted by molar-refractivity contribution is 6.30. The van der Waals surface area contributed by atoms with Crippen LogP contribution < -0.4 is 5.32 Å². The minimum absolute atomic E-state index is 0.786. The molecule has 0 aliphatic carbocycles. The van der Waals surface area contributed by atoms with Crippen LogP contribution in [-0.4, -0.2) is 31.1 Å². The van der Waals surface area contributed by atoms with E-state index < -0.39 is 0 Å². The van der Waals surface area contributed by atoms with E-state index >= 15 is 0 Å². The van der Waals surface area contributed by atoms with E-state index in [0.29, 0.717) is 0 Å². The predicted octanol–water partition coefficient (Wildman–Crippen LogP) is 3.48. The smallest absolute Gasteiger partial charge is 0.0426 e. The van der Waals surface area contributed by atoms with Crippen LogP contribution in [-0.2, 0) is 0 Å². The normalized spacial score (nSPS) is 10.8. The molecule has 0 spiro atoms. The molecule has 1 N–H and O–H groups in total. The monoisotopic (exact) mass is 240 g/mol. The molecular formula is C13H21ClN2. The number of anilines is 1. The fourth-order valence-corrected chi connectivity index (χ4v) is 1.86. The predicted molar refractivity (Wildman–Crippen MR) is 72.3 cm³/mol. The second kappa shape index (κ2) is 7.53. The fourth-order valence-electron chi connectivity index (χ4n) is 1.67. The van der Waals surface area contributed by atoms with Gasteiger partial charge in [0.25, 0.3) is 0 Å². The molecule has 1 rings (SSSR count). The van der Waals surface area contributed by atoms with Crippen molar-refractivity contribution in [2.24, 2.45) is 0 Å². The lowest BCUT2D eigenvalue weighted by molar-refractivity contribution is 0.303. The molecule has 0 saturated carbocycles. The zero-order valence-corrected chi connectivity index (χ0v) is 10.9. The standard InChI is InChI=1S/C13H21ClN2/c1-3-16(4-2)10-6-9-15-13-8-5-7-12(14)11-13/h5,7-8,11,15H,3-4,6,9-10H2,1-2H3. The van der Waals surface area contributed by atoms with Gasteiger partial charge in [-0.15, -0.1) is 0 Å². The van der Waals surface area contributed by atoms with E-state index in [0.717, 1.165) is 43.3 Å². The summed E-state index contributed by atoms with van der Waals surface area (Å²) in [6.45, 7) is 8.82. The average Bonchev–Trinajstić information content (AvgIpc) is 2.29. The van der Waals surface area contributed by atoms with Crippen LogP contribution in [0, 0.1) is 0 Å². The fraction of sp³-hybridized carbons (Fsp3) is 0.538. The van der Waals surface area contributed by atoms with Crippen molar-refractivity contribution < 1.29 is 0 Å². The first kappa shape index (κ1) is 13.3. The molecule has 0 bridgehead atoms. The Morgan fingerprint density at radius 2 is 2.00 bits per heavy atom. The SMILES string of the molecule is CCN(CC)CCCNc1cccc(Cl)c1. The summed E-state index contributed by atoms with van der Waals surface area (Å²) in [5, 5.41) is 4.16. The van der Waals surface area contributed by atoms with Gasteiger partial charge in [-0.2, -0.15) is 0 Å². The Morgan fingerprint density at radius 3 is 2.62 bits per heavy atom. The van der Waals surface area contributed by atoms with Crippen molar-refractivity contribution in [1.29, 1.82) is 0 Å². The zero-order chi connectivity index (χ0) is 11.8. The first-order valence-corrected chi connectivity index (χ1v) is 6.35. The molecule has 90 valence electrons. The van der Waals surface area contributed by atoms with E-state index in [1.54, 1.807) is 0 Å². The quantitative estimate of drug-likeness (QED) is 0.734. The average molecular weight is 241 g/mol. The molecular weight excluding hydrogens is 220 g/mol. The molecule has 3 heteroatoms. The summed E-state index contributed by atoms with van der Waals surface area (Å²) in [7, 11) is 0. The number of nitrogens with zero attached hydrogens (tertiary/aromatic N) is 1. The van der Waals surface area contributed by atoms with Gasteiger partial charge in [0, 0.05) is 17.3 Å². The van der Waals surface area contributed by atoms with Crippen molar-refractivity contribution in [1.82, 2.24) is 4.90 Å².